The number of ether oxygens (including phenoxy) is 2. The van der Waals surface area contributed by atoms with E-state index in [0.717, 1.165) is 43.1 Å². The molecule has 1 radical (unpaired) electrons. The molecule has 4 rings (SSSR count). The number of hydrogen-bond donors (Lipinski definition) is 0. The minimum absolute atomic E-state index is 0.0746. The lowest BCUT2D eigenvalue weighted by Gasteiger charge is -2.33. The van der Waals surface area contributed by atoms with E-state index in [1.165, 1.54) is 11.1 Å². The van der Waals surface area contributed by atoms with Crippen LogP contribution in [0.4, 0.5) is 0 Å². The van der Waals surface area contributed by atoms with Crippen LogP contribution in [0.2, 0.25) is 0 Å². The van der Waals surface area contributed by atoms with E-state index in [1.807, 2.05) is 24.3 Å². The lowest BCUT2D eigenvalue weighted by atomic mass is 9.99. The van der Waals surface area contributed by atoms with Gasteiger partial charge in [-0.2, -0.15) is 0 Å². The first-order chi connectivity index (χ1) is 13.3. The van der Waals surface area contributed by atoms with Crippen molar-refractivity contribution in [2.24, 2.45) is 0 Å². The van der Waals surface area contributed by atoms with Crippen LogP contribution in [-0.4, -0.2) is 31.7 Å². The number of benzene rings is 3. The van der Waals surface area contributed by atoms with Crippen LogP contribution in [0, 0.1) is 6.07 Å². The summed E-state index contributed by atoms with van der Waals surface area (Å²) >= 11 is 0. The smallest absolute Gasteiger partial charge is 0.126 e. The number of methoxy groups -OCH3 is 1. The molecule has 1 atom stereocenters. The maximum absolute atomic E-state index is 6.09. The minimum atomic E-state index is 0.0746. The zero-order valence-corrected chi connectivity index (χ0v) is 15.6. The highest BCUT2D eigenvalue weighted by Crippen LogP contribution is 2.32. The number of morpholine rings is 1. The molecule has 0 N–H and O–H groups in total. The summed E-state index contributed by atoms with van der Waals surface area (Å²) in [7, 11) is 1.70. The van der Waals surface area contributed by atoms with Crippen molar-refractivity contribution in [1.29, 1.82) is 0 Å². The molecule has 1 aliphatic rings. The Morgan fingerprint density at radius 1 is 1.07 bits per heavy atom. The van der Waals surface area contributed by atoms with E-state index < -0.39 is 0 Å². The second-order valence-electron chi connectivity index (χ2n) is 6.82. The Labute approximate surface area is 161 Å². The molecular weight excluding hydrogens is 334 g/mol. The van der Waals surface area contributed by atoms with E-state index >= 15 is 0 Å². The molecule has 137 valence electrons. The number of para-hydroxylation sites is 1. The average molecular weight is 358 g/mol. The van der Waals surface area contributed by atoms with Gasteiger partial charge in [0.2, 0.25) is 0 Å². The summed E-state index contributed by atoms with van der Waals surface area (Å²) in [6.45, 7) is 3.56. The van der Waals surface area contributed by atoms with Crippen molar-refractivity contribution in [2.45, 2.75) is 12.6 Å². The molecule has 1 unspecified atom stereocenters. The Hall–Kier alpha value is -2.62. The van der Waals surface area contributed by atoms with Crippen LogP contribution >= 0.6 is 0 Å². The summed E-state index contributed by atoms with van der Waals surface area (Å²) in [6.07, 6.45) is 0.0746. The lowest BCUT2D eigenvalue weighted by Crippen LogP contribution is -2.37. The standard InChI is InChI=1S/C24H24NO2/c1-26-23-13-6-5-12-22(23)20-10-7-11-21(16-20)24-18-25(14-15-27-24)17-19-8-3-2-4-9-19/h2-9,11-13,16,24H,14-15,17-18H2,1H3. The van der Waals surface area contributed by atoms with Gasteiger partial charge in [-0.1, -0.05) is 60.7 Å². The van der Waals surface area contributed by atoms with Gasteiger partial charge in [0.15, 0.2) is 0 Å². The van der Waals surface area contributed by atoms with E-state index in [1.54, 1.807) is 7.11 Å². The fourth-order valence-corrected chi connectivity index (χ4v) is 3.60. The summed E-state index contributed by atoms with van der Waals surface area (Å²) in [4.78, 5) is 2.46. The van der Waals surface area contributed by atoms with Crippen LogP contribution in [0.15, 0.2) is 72.8 Å². The third-order valence-electron chi connectivity index (χ3n) is 4.99. The highest BCUT2D eigenvalue weighted by atomic mass is 16.5. The fourth-order valence-electron chi connectivity index (χ4n) is 3.60. The largest absolute Gasteiger partial charge is 0.496 e. The molecule has 3 nitrogen and oxygen atoms in total. The van der Waals surface area contributed by atoms with Gasteiger partial charge in [-0.15, -0.1) is 0 Å². The third kappa shape index (κ3) is 4.21. The maximum Gasteiger partial charge on any atom is 0.126 e. The van der Waals surface area contributed by atoms with Crippen LogP contribution in [0.1, 0.15) is 17.2 Å². The van der Waals surface area contributed by atoms with Gasteiger partial charge < -0.3 is 9.47 Å². The van der Waals surface area contributed by atoms with Crippen molar-refractivity contribution in [3.05, 3.63) is 90.0 Å². The summed E-state index contributed by atoms with van der Waals surface area (Å²) < 4.78 is 11.6. The molecular formula is C24H24NO2. The van der Waals surface area contributed by atoms with Gasteiger partial charge in [0.05, 0.1) is 19.8 Å². The zero-order valence-electron chi connectivity index (χ0n) is 15.6. The zero-order chi connectivity index (χ0) is 18.5. The summed E-state index contributed by atoms with van der Waals surface area (Å²) in [6, 6.07) is 28.3. The van der Waals surface area contributed by atoms with Gasteiger partial charge in [0.1, 0.15) is 5.75 Å². The molecule has 0 aliphatic carbocycles. The first-order valence-electron chi connectivity index (χ1n) is 9.36. The van der Waals surface area contributed by atoms with E-state index in [0.29, 0.717) is 0 Å². The first-order valence-corrected chi connectivity index (χ1v) is 9.36. The predicted molar refractivity (Wildman–Crippen MR) is 108 cm³/mol. The van der Waals surface area contributed by atoms with E-state index in [-0.39, 0.29) is 6.10 Å². The first kappa shape index (κ1) is 17.8. The van der Waals surface area contributed by atoms with Gasteiger partial charge in [-0.25, -0.2) is 0 Å². The van der Waals surface area contributed by atoms with Crippen LogP contribution in [0.5, 0.6) is 5.75 Å². The molecule has 3 heteroatoms. The molecule has 0 amide bonds. The molecule has 0 spiro atoms. The normalized spacial score (nSPS) is 17.6. The van der Waals surface area contributed by atoms with Gasteiger partial charge in [-0.3, -0.25) is 4.90 Å². The molecule has 1 aliphatic heterocycles. The summed E-state index contributed by atoms with van der Waals surface area (Å²) in [5, 5.41) is 0. The Kier molecular flexibility index (Phi) is 5.52. The van der Waals surface area contributed by atoms with Gasteiger partial charge in [-0.05, 0) is 34.9 Å². The van der Waals surface area contributed by atoms with Crippen LogP contribution in [0.3, 0.4) is 0 Å². The van der Waals surface area contributed by atoms with Crippen molar-refractivity contribution < 1.29 is 9.47 Å². The fraction of sp³-hybridized carbons (Fsp3) is 0.250. The molecule has 1 saturated heterocycles. The van der Waals surface area contributed by atoms with E-state index in [2.05, 4.69) is 59.5 Å². The highest BCUT2D eigenvalue weighted by molar-refractivity contribution is 5.70. The number of hydrogen-bond acceptors (Lipinski definition) is 3. The van der Waals surface area contributed by atoms with Crippen LogP contribution in [0.25, 0.3) is 11.1 Å². The monoisotopic (exact) mass is 358 g/mol. The quantitative estimate of drug-likeness (QED) is 0.658. The van der Waals surface area contributed by atoms with Gasteiger partial charge in [0.25, 0.3) is 0 Å². The molecule has 0 bridgehead atoms. The van der Waals surface area contributed by atoms with E-state index in [4.69, 9.17) is 9.47 Å². The van der Waals surface area contributed by atoms with E-state index in [9.17, 15) is 0 Å². The molecule has 3 aromatic rings. The molecule has 0 saturated carbocycles. The second-order valence-corrected chi connectivity index (χ2v) is 6.82. The average Bonchev–Trinajstić information content (AvgIpc) is 2.75. The van der Waals surface area contributed by atoms with Crippen LogP contribution < -0.4 is 4.74 Å². The van der Waals surface area contributed by atoms with Gasteiger partial charge >= 0.3 is 0 Å². The van der Waals surface area contributed by atoms with Crippen molar-refractivity contribution in [3.63, 3.8) is 0 Å². The third-order valence-corrected chi connectivity index (χ3v) is 4.99. The predicted octanol–water partition coefficient (Wildman–Crippen LogP) is 4.74. The Bertz CT molecular complexity index is 878. The molecule has 3 aromatic carbocycles. The van der Waals surface area contributed by atoms with Gasteiger partial charge in [0, 0.05) is 25.2 Å². The number of rotatable bonds is 5. The molecule has 1 heterocycles. The highest BCUT2D eigenvalue weighted by Gasteiger charge is 2.22. The van der Waals surface area contributed by atoms with Crippen molar-refractivity contribution in [3.8, 4) is 16.9 Å². The number of nitrogens with zero attached hydrogens (tertiary/aromatic N) is 1. The summed E-state index contributed by atoms with van der Waals surface area (Å²) in [5.41, 5.74) is 4.62. The Balaban J connectivity index is 1.53. The SMILES string of the molecule is COc1ccccc1-c1[c]ccc(C2CN(Cc3ccccc3)CCO2)c1. The Morgan fingerprint density at radius 3 is 2.74 bits per heavy atom. The molecule has 0 aromatic heterocycles. The van der Waals surface area contributed by atoms with Crippen LogP contribution in [-0.2, 0) is 11.3 Å². The minimum Gasteiger partial charge on any atom is -0.496 e. The van der Waals surface area contributed by atoms with Crippen molar-refractivity contribution >= 4 is 0 Å². The topological polar surface area (TPSA) is 21.7 Å². The molecule has 1 fully saturated rings. The Morgan fingerprint density at radius 2 is 1.89 bits per heavy atom. The van der Waals surface area contributed by atoms with Crippen molar-refractivity contribution in [1.82, 2.24) is 4.90 Å². The van der Waals surface area contributed by atoms with Crippen molar-refractivity contribution in [2.75, 3.05) is 26.8 Å². The summed E-state index contributed by atoms with van der Waals surface area (Å²) in [5.74, 6) is 0.862. The second kappa shape index (κ2) is 8.38. The lowest BCUT2D eigenvalue weighted by molar-refractivity contribution is -0.0329. The molecule has 27 heavy (non-hydrogen) atoms. The maximum atomic E-state index is 6.09.